The first-order valence-corrected chi connectivity index (χ1v) is 9.89. The maximum atomic E-state index is 3.92. The molecular weight excluding hydrogens is 256 g/mol. The van der Waals surface area contributed by atoms with Gasteiger partial charge in [0.2, 0.25) is 0 Å². The summed E-state index contributed by atoms with van der Waals surface area (Å²) in [6.07, 6.45) is 17.4. The molecule has 4 unspecified atom stereocenters. The van der Waals surface area contributed by atoms with Gasteiger partial charge in [-0.25, -0.2) is 0 Å². The zero-order valence-electron chi connectivity index (χ0n) is 14.2. The topological polar surface area (TPSA) is 15.3 Å². The highest BCUT2D eigenvalue weighted by Crippen LogP contribution is 2.39. The van der Waals surface area contributed by atoms with Crippen LogP contribution in [0.1, 0.15) is 84.0 Å². The summed E-state index contributed by atoms with van der Waals surface area (Å²) in [7, 11) is 0. The van der Waals surface area contributed by atoms with E-state index in [1.807, 2.05) is 0 Å². The minimum absolute atomic E-state index is 0.768. The molecular formula is C19H36N2. The molecule has 21 heavy (non-hydrogen) atoms. The fourth-order valence-electron chi connectivity index (χ4n) is 5.33. The lowest BCUT2D eigenvalue weighted by Crippen LogP contribution is -2.56. The Kier molecular flexibility index (Phi) is 5.99. The van der Waals surface area contributed by atoms with Crippen molar-refractivity contribution in [1.29, 1.82) is 0 Å². The quantitative estimate of drug-likeness (QED) is 0.829. The summed E-state index contributed by atoms with van der Waals surface area (Å²) in [5.74, 6) is 1.04. The smallest absolute Gasteiger partial charge is 0.0252 e. The third kappa shape index (κ3) is 3.82. The third-order valence-corrected chi connectivity index (χ3v) is 6.35. The first-order valence-electron chi connectivity index (χ1n) is 9.89. The second-order valence-corrected chi connectivity index (χ2v) is 7.76. The fourth-order valence-corrected chi connectivity index (χ4v) is 5.33. The van der Waals surface area contributed by atoms with Crippen LogP contribution < -0.4 is 5.32 Å². The van der Waals surface area contributed by atoms with Gasteiger partial charge >= 0.3 is 0 Å². The van der Waals surface area contributed by atoms with Gasteiger partial charge < -0.3 is 5.32 Å². The van der Waals surface area contributed by atoms with Crippen LogP contribution in [0.15, 0.2) is 0 Å². The van der Waals surface area contributed by atoms with E-state index >= 15 is 0 Å². The molecule has 4 atom stereocenters. The van der Waals surface area contributed by atoms with Crippen molar-refractivity contribution in [1.82, 2.24) is 10.2 Å². The molecule has 0 radical (unpaired) electrons. The Morgan fingerprint density at radius 2 is 1.57 bits per heavy atom. The molecule has 0 spiro atoms. The molecule has 3 fully saturated rings. The van der Waals surface area contributed by atoms with Crippen molar-refractivity contribution in [3.8, 4) is 0 Å². The SMILES string of the molecule is CCCNC1CCCCCCC1N1CCCC2CCCC21. The fraction of sp³-hybridized carbons (Fsp3) is 1.00. The first kappa shape index (κ1) is 15.8. The maximum Gasteiger partial charge on any atom is 0.0252 e. The van der Waals surface area contributed by atoms with Gasteiger partial charge in [0.1, 0.15) is 0 Å². The highest BCUT2D eigenvalue weighted by molar-refractivity contribution is 4.96. The summed E-state index contributed by atoms with van der Waals surface area (Å²) in [4.78, 5) is 2.99. The van der Waals surface area contributed by atoms with Crippen molar-refractivity contribution < 1.29 is 0 Å². The average molecular weight is 293 g/mol. The summed E-state index contributed by atoms with van der Waals surface area (Å²) >= 11 is 0. The summed E-state index contributed by atoms with van der Waals surface area (Å²) in [6, 6.07) is 2.54. The Balaban J connectivity index is 1.70. The highest BCUT2D eigenvalue weighted by Gasteiger charge is 2.40. The van der Waals surface area contributed by atoms with Crippen molar-refractivity contribution in [2.24, 2.45) is 5.92 Å². The van der Waals surface area contributed by atoms with E-state index in [4.69, 9.17) is 0 Å². The van der Waals surface area contributed by atoms with E-state index in [9.17, 15) is 0 Å². The van der Waals surface area contributed by atoms with Gasteiger partial charge in [-0.15, -0.1) is 0 Å². The van der Waals surface area contributed by atoms with Crippen molar-refractivity contribution >= 4 is 0 Å². The standard InChI is InChI=1S/C19H36N2/c1-2-14-20-17-11-5-3-4-6-12-19(17)21-15-8-10-16-9-7-13-18(16)21/h16-20H,2-15H2,1H3. The second-order valence-electron chi connectivity index (χ2n) is 7.76. The maximum absolute atomic E-state index is 3.92. The van der Waals surface area contributed by atoms with Gasteiger partial charge in [-0.1, -0.05) is 39.0 Å². The Morgan fingerprint density at radius 3 is 2.43 bits per heavy atom. The van der Waals surface area contributed by atoms with Gasteiger partial charge in [-0.3, -0.25) is 4.90 Å². The van der Waals surface area contributed by atoms with Gasteiger partial charge in [-0.05, 0) is 64.0 Å². The molecule has 2 aliphatic carbocycles. The van der Waals surface area contributed by atoms with E-state index in [0.29, 0.717) is 0 Å². The lowest BCUT2D eigenvalue weighted by atomic mass is 9.85. The second kappa shape index (κ2) is 7.97. The van der Waals surface area contributed by atoms with E-state index in [1.54, 1.807) is 0 Å². The summed E-state index contributed by atoms with van der Waals surface area (Å²) in [5, 5.41) is 3.92. The lowest BCUT2D eigenvalue weighted by molar-refractivity contribution is 0.0386. The van der Waals surface area contributed by atoms with Gasteiger partial charge in [0.05, 0.1) is 0 Å². The van der Waals surface area contributed by atoms with Crippen LogP contribution in [0.3, 0.4) is 0 Å². The predicted molar refractivity (Wildman–Crippen MR) is 90.6 cm³/mol. The molecule has 2 saturated carbocycles. The molecule has 0 aromatic heterocycles. The van der Waals surface area contributed by atoms with E-state index in [0.717, 1.165) is 24.0 Å². The zero-order valence-corrected chi connectivity index (χ0v) is 14.2. The average Bonchev–Trinajstić information content (AvgIpc) is 2.95. The van der Waals surface area contributed by atoms with Crippen LogP contribution in [-0.4, -0.2) is 36.1 Å². The molecule has 3 rings (SSSR count). The van der Waals surface area contributed by atoms with Crippen molar-refractivity contribution in [2.45, 2.75) is 102 Å². The van der Waals surface area contributed by atoms with Crippen molar-refractivity contribution in [3.63, 3.8) is 0 Å². The van der Waals surface area contributed by atoms with Crippen LogP contribution in [0, 0.1) is 5.92 Å². The van der Waals surface area contributed by atoms with Crippen LogP contribution >= 0.6 is 0 Å². The Hall–Kier alpha value is -0.0800. The van der Waals surface area contributed by atoms with Crippen molar-refractivity contribution in [3.05, 3.63) is 0 Å². The Morgan fingerprint density at radius 1 is 0.810 bits per heavy atom. The normalized spacial score (nSPS) is 38.7. The van der Waals surface area contributed by atoms with Crippen LogP contribution in [0.2, 0.25) is 0 Å². The largest absolute Gasteiger partial charge is 0.312 e. The third-order valence-electron chi connectivity index (χ3n) is 6.35. The van der Waals surface area contributed by atoms with Gasteiger partial charge in [-0.2, -0.15) is 0 Å². The molecule has 2 nitrogen and oxygen atoms in total. The molecule has 1 N–H and O–H groups in total. The molecule has 122 valence electrons. The van der Waals surface area contributed by atoms with E-state index in [1.165, 1.54) is 90.1 Å². The summed E-state index contributed by atoms with van der Waals surface area (Å²) in [6.45, 7) is 4.90. The highest BCUT2D eigenvalue weighted by atomic mass is 15.2. The van der Waals surface area contributed by atoms with Crippen LogP contribution in [0.25, 0.3) is 0 Å². The number of nitrogens with zero attached hydrogens (tertiary/aromatic N) is 1. The first-order chi connectivity index (χ1) is 10.4. The zero-order chi connectivity index (χ0) is 14.5. The van der Waals surface area contributed by atoms with Gasteiger partial charge in [0.15, 0.2) is 0 Å². The summed E-state index contributed by atoms with van der Waals surface area (Å²) in [5.41, 5.74) is 0. The number of fused-ring (bicyclic) bond motifs is 1. The molecule has 2 heteroatoms. The van der Waals surface area contributed by atoms with Crippen LogP contribution in [-0.2, 0) is 0 Å². The van der Waals surface area contributed by atoms with E-state index in [2.05, 4.69) is 17.1 Å². The number of rotatable bonds is 4. The van der Waals surface area contributed by atoms with E-state index < -0.39 is 0 Å². The van der Waals surface area contributed by atoms with Crippen LogP contribution in [0.4, 0.5) is 0 Å². The number of hydrogen-bond acceptors (Lipinski definition) is 2. The van der Waals surface area contributed by atoms with Gasteiger partial charge in [0.25, 0.3) is 0 Å². The monoisotopic (exact) mass is 292 g/mol. The van der Waals surface area contributed by atoms with Crippen molar-refractivity contribution in [2.75, 3.05) is 13.1 Å². The molecule has 0 amide bonds. The molecule has 0 bridgehead atoms. The van der Waals surface area contributed by atoms with Crippen LogP contribution in [0.5, 0.6) is 0 Å². The van der Waals surface area contributed by atoms with Gasteiger partial charge in [0, 0.05) is 18.1 Å². The molecule has 3 aliphatic rings. The number of piperidine rings is 1. The Bertz CT molecular complexity index is 302. The number of hydrogen-bond donors (Lipinski definition) is 1. The molecule has 1 heterocycles. The Labute approximate surface area is 132 Å². The number of likely N-dealkylation sites (tertiary alicyclic amines) is 1. The molecule has 1 saturated heterocycles. The summed E-state index contributed by atoms with van der Waals surface area (Å²) < 4.78 is 0. The minimum atomic E-state index is 0.768. The lowest BCUT2D eigenvalue weighted by Gasteiger charge is -2.46. The molecule has 1 aliphatic heterocycles. The molecule has 0 aromatic rings. The van der Waals surface area contributed by atoms with E-state index in [-0.39, 0.29) is 0 Å². The minimum Gasteiger partial charge on any atom is -0.312 e. The number of nitrogens with one attached hydrogen (secondary N) is 1. The molecule has 0 aromatic carbocycles. The predicted octanol–water partition coefficient (Wildman–Crippen LogP) is 4.34.